The SMILES string of the molecule is Cc1ccc2[nH]c(C(=O)NC3CCC(O)CC3)cc2c1. The molecule has 20 heavy (non-hydrogen) atoms. The van der Waals surface area contributed by atoms with Crippen LogP contribution in [0.15, 0.2) is 24.3 Å². The van der Waals surface area contributed by atoms with Gasteiger partial charge in [-0.05, 0) is 50.8 Å². The van der Waals surface area contributed by atoms with Crippen LogP contribution in [0, 0.1) is 6.92 Å². The first-order valence-corrected chi connectivity index (χ1v) is 7.20. The molecule has 1 aromatic heterocycles. The van der Waals surface area contributed by atoms with Crippen LogP contribution in [0.1, 0.15) is 41.7 Å². The molecule has 0 saturated heterocycles. The molecule has 1 saturated carbocycles. The first-order valence-electron chi connectivity index (χ1n) is 7.20. The van der Waals surface area contributed by atoms with Crippen LogP contribution < -0.4 is 5.32 Å². The smallest absolute Gasteiger partial charge is 0.267 e. The van der Waals surface area contributed by atoms with Gasteiger partial charge in [-0.15, -0.1) is 0 Å². The molecular formula is C16H20N2O2. The van der Waals surface area contributed by atoms with Gasteiger partial charge in [0, 0.05) is 16.9 Å². The standard InChI is InChI=1S/C16H20N2O2/c1-10-2-7-14-11(8-10)9-15(18-14)16(20)17-12-3-5-13(19)6-4-12/h2,7-9,12-13,18-19H,3-6H2,1H3,(H,17,20). The number of H-pyrrole nitrogens is 1. The summed E-state index contributed by atoms with van der Waals surface area (Å²) in [4.78, 5) is 15.4. The number of aliphatic hydroxyl groups excluding tert-OH is 1. The Balaban J connectivity index is 1.72. The first-order chi connectivity index (χ1) is 9.61. The van der Waals surface area contributed by atoms with E-state index in [1.165, 1.54) is 5.56 Å². The summed E-state index contributed by atoms with van der Waals surface area (Å²) in [6.45, 7) is 2.04. The van der Waals surface area contributed by atoms with Crippen LogP contribution in [0.3, 0.4) is 0 Å². The van der Waals surface area contributed by atoms with E-state index in [2.05, 4.69) is 16.4 Å². The molecule has 2 aromatic rings. The number of benzene rings is 1. The molecule has 4 nitrogen and oxygen atoms in total. The van der Waals surface area contributed by atoms with Crippen molar-refractivity contribution in [2.75, 3.05) is 0 Å². The van der Waals surface area contributed by atoms with Gasteiger partial charge >= 0.3 is 0 Å². The summed E-state index contributed by atoms with van der Waals surface area (Å²) in [5.41, 5.74) is 2.78. The van der Waals surface area contributed by atoms with E-state index < -0.39 is 0 Å². The predicted octanol–water partition coefficient (Wildman–Crippen LogP) is 2.51. The van der Waals surface area contributed by atoms with Crippen LogP contribution in [0.25, 0.3) is 10.9 Å². The molecule has 1 aromatic carbocycles. The van der Waals surface area contributed by atoms with Crippen molar-refractivity contribution in [3.63, 3.8) is 0 Å². The molecular weight excluding hydrogens is 252 g/mol. The van der Waals surface area contributed by atoms with E-state index >= 15 is 0 Å². The topological polar surface area (TPSA) is 65.1 Å². The fraction of sp³-hybridized carbons (Fsp3) is 0.438. The second kappa shape index (κ2) is 5.29. The van der Waals surface area contributed by atoms with Gasteiger partial charge in [-0.25, -0.2) is 0 Å². The molecule has 106 valence electrons. The zero-order valence-electron chi connectivity index (χ0n) is 11.6. The normalized spacial score (nSPS) is 22.9. The molecule has 0 spiro atoms. The molecule has 1 fully saturated rings. The quantitative estimate of drug-likeness (QED) is 0.786. The predicted molar refractivity (Wildman–Crippen MR) is 78.8 cm³/mol. The largest absolute Gasteiger partial charge is 0.393 e. The Labute approximate surface area is 118 Å². The van der Waals surface area contributed by atoms with Crippen molar-refractivity contribution in [3.05, 3.63) is 35.5 Å². The fourth-order valence-corrected chi connectivity index (χ4v) is 2.86. The van der Waals surface area contributed by atoms with Gasteiger partial charge in [-0.2, -0.15) is 0 Å². The highest BCUT2D eigenvalue weighted by Crippen LogP contribution is 2.20. The lowest BCUT2D eigenvalue weighted by molar-refractivity contribution is 0.0864. The van der Waals surface area contributed by atoms with Crippen LogP contribution >= 0.6 is 0 Å². The number of aromatic amines is 1. The lowest BCUT2D eigenvalue weighted by atomic mass is 9.93. The molecule has 1 amide bonds. The van der Waals surface area contributed by atoms with Crippen molar-refractivity contribution in [1.29, 1.82) is 0 Å². The van der Waals surface area contributed by atoms with E-state index in [9.17, 15) is 9.90 Å². The number of rotatable bonds is 2. The Morgan fingerprint density at radius 3 is 2.75 bits per heavy atom. The molecule has 0 radical (unpaired) electrons. The van der Waals surface area contributed by atoms with Crippen molar-refractivity contribution in [3.8, 4) is 0 Å². The molecule has 1 aliphatic rings. The first kappa shape index (κ1) is 13.2. The van der Waals surface area contributed by atoms with E-state index in [0.717, 1.165) is 36.6 Å². The summed E-state index contributed by atoms with van der Waals surface area (Å²) in [6, 6.07) is 8.18. The lowest BCUT2D eigenvalue weighted by Gasteiger charge is -2.25. The highest BCUT2D eigenvalue weighted by atomic mass is 16.3. The van der Waals surface area contributed by atoms with Crippen molar-refractivity contribution >= 4 is 16.8 Å². The average Bonchev–Trinajstić information content (AvgIpc) is 2.84. The fourth-order valence-electron chi connectivity index (χ4n) is 2.86. The van der Waals surface area contributed by atoms with E-state index in [-0.39, 0.29) is 18.1 Å². The third-order valence-electron chi connectivity index (χ3n) is 4.05. The number of fused-ring (bicyclic) bond motifs is 1. The Kier molecular flexibility index (Phi) is 3.49. The zero-order chi connectivity index (χ0) is 14.1. The van der Waals surface area contributed by atoms with Crippen LogP contribution in [0.5, 0.6) is 0 Å². The van der Waals surface area contributed by atoms with Crippen molar-refractivity contribution < 1.29 is 9.90 Å². The summed E-state index contributed by atoms with van der Waals surface area (Å²) < 4.78 is 0. The van der Waals surface area contributed by atoms with Gasteiger partial charge in [0.2, 0.25) is 0 Å². The monoisotopic (exact) mass is 272 g/mol. The van der Waals surface area contributed by atoms with E-state index in [0.29, 0.717) is 5.69 Å². The van der Waals surface area contributed by atoms with Crippen molar-refractivity contribution in [1.82, 2.24) is 10.3 Å². The molecule has 3 N–H and O–H groups in total. The number of carbonyl (C=O) groups is 1. The number of amides is 1. The van der Waals surface area contributed by atoms with Crippen molar-refractivity contribution in [2.24, 2.45) is 0 Å². The Morgan fingerprint density at radius 2 is 2.00 bits per heavy atom. The highest BCUT2D eigenvalue weighted by molar-refractivity contribution is 5.98. The van der Waals surface area contributed by atoms with Crippen LogP contribution in [-0.4, -0.2) is 28.1 Å². The van der Waals surface area contributed by atoms with Gasteiger partial charge in [0.05, 0.1) is 6.10 Å². The van der Waals surface area contributed by atoms with Gasteiger partial charge in [0.15, 0.2) is 0 Å². The maximum absolute atomic E-state index is 12.2. The molecule has 3 rings (SSSR count). The molecule has 0 aliphatic heterocycles. The second-order valence-corrected chi connectivity index (χ2v) is 5.75. The molecule has 0 unspecified atom stereocenters. The maximum Gasteiger partial charge on any atom is 0.267 e. The second-order valence-electron chi connectivity index (χ2n) is 5.75. The van der Waals surface area contributed by atoms with Gasteiger partial charge in [0.1, 0.15) is 5.69 Å². The summed E-state index contributed by atoms with van der Waals surface area (Å²) in [6.07, 6.45) is 3.06. The Morgan fingerprint density at radius 1 is 1.25 bits per heavy atom. The third kappa shape index (κ3) is 2.70. The number of hydrogen-bond donors (Lipinski definition) is 3. The van der Waals surface area contributed by atoms with Gasteiger partial charge in [0.25, 0.3) is 5.91 Å². The Hall–Kier alpha value is -1.81. The number of aryl methyl sites for hydroxylation is 1. The Bertz CT molecular complexity index is 624. The minimum atomic E-state index is -0.195. The highest BCUT2D eigenvalue weighted by Gasteiger charge is 2.21. The molecule has 1 heterocycles. The zero-order valence-corrected chi connectivity index (χ0v) is 11.6. The van der Waals surface area contributed by atoms with Crippen LogP contribution in [-0.2, 0) is 0 Å². The lowest BCUT2D eigenvalue weighted by Crippen LogP contribution is -2.38. The number of aliphatic hydroxyl groups is 1. The van der Waals surface area contributed by atoms with E-state index in [1.54, 1.807) is 0 Å². The number of aromatic nitrogens is 1. The van der Waals surface area contributed by atoms with Gasteiger partial charge < -0.3 is 15.4 Å². The van der Waals surface area contributed by atoms with E-state index in [4.69, 9.17) is 0 Å². The van der Waals surface area contributed by atoms with Gasteiger partial charge in [-0.1, -0.05) is 11.6 Å². The maximum atomic E-state index is 12.2. The minimum absolute atomic E-state index is 0.0553. The van der Waals surface area contributed by atoms with E-state index in [1.807, 2.05) is 25.1 Å². The van der Waals surface area contributed by atoms with Crippen LogP contribution in [0.2, 0.25) is 0 Å². The minimum Gasteiger partial charge on any atom is -0.393 e. The summed E-state index contributed by atoms with van der Waals surface area (Å²) >= 11 is 0. The summed E-state index contributed by atoms with van der Waals surface area (Å²) in [5.74, 6) is -0.0553. The molecule has 1 aliphatic carbocycles. The van der Waals surface area contributed by atoms with Gasteiger partial charge in [-0.3, -0.25) is 4.79 Å². The number of hydrogen-bond acceptors (Lipinski definition) is 2. The third-order valence-corrected chi connectivity index (χ3v) is 4.05. The molecule has 0 bridgehead atoms. The summed E-state index contributed by atoms with van der Waals surface area (Å²) in [5, 5.41) is 13.6. The average molecular weight is 272 g/mol. The molecule has 0 atom stereocenters. The van der Waals surface area contributed by atoms with Crippen LogP contribution in [0.4, 0.5) is 0 Å². The molecule has 4 heteroatoms. The summed E-state index contributed by atoms with van der Waals surface area (Å²) in [7, 11) is 0. The number of nitrogens with one attached hydrogen (secondary N) is 2. The number of carbonyl (C=O) groups excluding carboxylic acids is 1. The van der Waals surface area contributed by atoms with Crippen molar-refractivity contribution in [2.45, 2.75) is 44.8 Å².